The summed E-state index contributed by atoms with van der Waals surface area (Å²) < 4.78 is 1.16. The van der Waals surface area contributed by atoms with E-state index in [0.717, 1.165) is 4.68 Å². The molecule has 0 bridgehead atoms. The summed E-state index contributed by atoms with van der Waals surface area (Å²) in [5.74, 6) is 0.458. The van der Waals surface area contributed by atoms with Crippen LogP contribution in [0.1, 0.15) is 0 Å². The van der Waals surface area contributed by atoms with Gasteiger partial charge in [-0.05, 0) is 18.2 Å². The summed E-state index contributed by atoms with van der Waals surface area (Å²) in [7, 11) is 0. The van der Waals surface area contributed by atoms with Crippen molar-refractivity contribution in [2.45, 2.75) is 0 Å². The van der Waals surface area contributed by atoms with Gasteiger partial charge in [0.05, 0.1) is 0 Å². The van der Waals surface area contributed by atoms with Crippen molar-refractivity contribution >= 4 is 11.6 Å². The van der Waals surface area contributed by atoms with E-state index in [1.165, 1.54) is 12.3 Å². The molecule has 0 saturated heterocycles. The van der Waals surface area contributed by atoms with Crippen LogP contribution < -0.4 is 5.56 Å². The third-order valence-corrected chi connectivity index (χ3v) is 1.95. The van der Waals surface area contributed by atoms with E-state index in [4.69, 9.17) is 11.6 Å². The molecule has 14 heavy (non-hydrogen) atoms. The van der Waals surface area contributed by atoms with Crippen LogP contribution in [0.3, 0.4) is 0 Å². The lowest BCUT2D eigenvalue weighted by atomic mass is 10.4. The van der Waals surface area contributed by atoms with E-state index in [0.29, 0.717) is 5.82 Å². The highest BCUT2D eigenvalue weighted by molar-refractivity contribution is 6.30. The Hall–Kier alpha value is -1.68. The molecule has 4 nitrogen and oxygen atoms in total. The van der Waals surface area contributed by atoms with Gasteiger partial charge >= 0.3 is 0 Å². The van der Waals surface area contributed by atoms with Gasteiger partial charge in [0.15, 0.2) is 5.82 Å². The van der Waals surface area contributed by atoms with Crippen LogP contribution in [0.4, 0.5) is 0 Å². The van der Waals surface area contributed by atoms with Crippen molar-refractivity contribution in [1.29, 1.82) is 0 Å². The molecular weight excluding hydrogens is 202 g/mol. The van der Waals surface area contributed by atoms with E-state index < -0.39 is 0 Å². The minimum absolute atomic E-state index is 0.130. The molecular formula is C9H6ClN3O. The van der Waals surface area contributed by atoms with Gasteiger partial charge in [0.1, 0.15) is 5.02 Å². The van der Waals surface area contributed by atoms with E-state index >= 15 is 0 Å². The molecule has 2 aromatic rings. The lowest BCUT2D eigenvalue weighted by Crippen LogP contribution is -2.21. The quantitative estimate of drug-likeness (QED) is 0.708. The molecule has 0 aromatic carbocycles. The number of nitrogens with zero attached hydrogens (tertiary/aromatic N) is 3. The minimum atomic E-state index is -0.368. The first-order valence-electron chi connectivity index (χ1n) is 3.94. The highest BCUT2D eigenvalue weighted by Crippen LogP contribution is 2.01. The summed E-state index contributed by atoms with van der Waals surface area (Å²) in [5, 5.41) is 4.00. The van der Waals surface area contributed by atoms with Crippen LogP contribution in [0, 0.1) is 0 Å². The molecule has 0 N–H and O–H groups in total. The molecule has 0 radical (unpaired) electrons. The average Bonchev–Trinajstić information content (AvgIpc) is 2.23. The van der Waals surface area contributed by atoms with Crippen LogP contribution in [0.15, 0.2) is 41.5 Å². The zero-order chi connectivity index (χ0) is 9.97. The first kappa shape index (κ1) is 8.90. The maximum atomic E-state index is 11.5. The number of hydrogen-bond donors (Lipinski definition) is 0. The van der Waals surface area contributed by atoms with Crippen LogP contribution in [-0.4, -0.2) is 14.8 Å². The molecule has 0 spiro atoms. The van der Waals surface area contributed by atoms with E-state index in [1.807, 2.05) is 0 Å². The molecule has 2 aromatic heterocycles. The van der Waals surface area contributed by atoms with E-state index in [-0.39, 0.29) is 10.6 Å². The lowest BCUT2D eigenvalue weighted by molar-refractivity contribution is 0.782. The summed E-state index contributed by atoms with van der Waals surface area (Å²) >= 11 is 5.66. The summed E-state index contributed by atoms with van der Waals surface area (Å²) in [5.41, 5.74) is -0.368. The van der Waals surface area contributed by atoms with Crippen LogP contribution in [0.5, 0.6) is 0 Å². The van der Waals surface area contributed by atoms with Crippen LogP contribution in [0.2, 0.25) is 5.02 Å². The second-order valence-electron chi connectivity index (χ2n) is 2.58. The van der Waals surface area contributed by atoms with Crippen molar-refractivity contribution in [2.75, 3.05) is 0 Å². The van der Waals surface area contributed by atoms with Gasteiger partial charge in [0, 0.05) is 12.4 Å². The topological polar surface area (TPSA) is 47.8 Å². The van der Waals surface area contributed by atoms with Crippen LogP contribution in [0.25, 0.3) is 5.82 Å². The van der Waals surface area contributed by atoms with E-state index in [2.05, 4.69) is 10.1 Å². The van der Waals surface area contributed by atoms with E-state index in [1.54, 1.807) is 24.4 Å². The summed E-state index contributed by atoms with van der Waals surface area (Å²) in [6, 6.07) is 6.67. The van der Waals surface area contributed by atoms with Crippen LogP contribution in [-0.2, 0) is 0 Å². The van der Waals surface area contributed by atoms with Crippen LogP contribution >= 0.6 is 11.6 Å². The highest BCUT2D eigenvalue weighted by Gasteiger charge is 2.03. The summed E-state index contributed by atoms with van der Waals surface area (Å²) in [6.07, 6.45) is 3.04. The zero-order valence-electron chi connectivity index (χ0n) is 7.09. The number of hydrogen-bond acceptors (Lipinski definition) is 3. The molecule has 0 aliphatic heterocycles. The Morgan fingerprint density at radius 2 is 2.07 bits per heavy atom. The molecule has 70 valence electrons. The van der Waals surface area contributed by atoms with Gasteiger partial charge in [-0.1, -0.05) is 17.7 Å². The number of rotatable bonds is 1. The molecule has 2 heterocycles. The Bertz CT molecular complexity index is 495. The Balaban J connectivity index is 2.64. The molecule has 0 unspecified atom stereocenters. The SMILES string of the molecule is O=c1c(Cl)ccnn1-c1ccccn1. The molecule has 0 aliphatic carbocycles. The standard InChI is InChI=1S/C9H6ClN3O/c10-7-4-6-12-13(9(7)14)8-3-1-2-5-11-8/h1-6H. The number of pyridine rings is 1. The average molecular weight is 208 g/mol. The fourth-order valence-corrected chi connectivity index (χ4v) is 1.17. The van der Waals surface area contributed by atoms with Crippen molar-refractivity contribution in [3.63, 3.8) is 0 Å². The first-order valence-corrected chi connectivity index (χ1v) is 4.32. The molecule has 0 aliphatic rings. The summed E-state index contributed by atoms with van der Waals surface area (Å²) in [6.45, 7) is 0. The Labute approximate surface area is 84.8 Å². The van der Waals surface area contributed by atoms with Gasteiger partial charge in [0.25, 0.3) is 5.56 Å². The Morgan fingerprint density at radius 1 is 1.21 bits per heavy atom. The number of halogens is 1. The number of aromatic nitrogens is 3. The predicted octanol–water partition coefficient (Wildman–Crippen LogP) is 1.28. The van der Waals surface area contributed by atoms with Gasteiger partial charge in [0.2, 0.25) is 0 Å². The molecule has 0 atom stereocenters. The molecule has 2 rings (SSSR count). The lowest BCUT2D eigenvalue weighted by Gasteiger charge is -2.01. The predicted molar refractivity (Wildman–Crippen MR) is 52.6 cm³/mol. The van der Waals surface area contributed by atoms with Crippen molar-refractivity contribution in [3.8, 4) is 5.82 Å². The van der Waals surface area contributed by atoms with Gasteiger partial charge < -0.3 is 0 Å². The second kappa shape index (κ2) is 3.59. The van der Waals surface area contributed by atoms with Gasteiger partial charge in [-0.25, -0.2) is 4.98 Å². The van der Waals surface area contributed by atoms with Crippen molar-refractivity contribution < 1.29 is 0 Å². The Kier molecular flexibility index (Phi) is 2.28. The van der Waals surface area contributed by atoms with Gasteiger partial charge in [-0.2, -0.15) is 9.78 Å². The smallest absolute Gasteiger partial charge is 0.266 e. The minimum Gasteiger partial charge on any atom is -0.266 e. The highest BCUT2D eigenvalue weighted by atomic mass is 35.5. The largest absolute Gasteiger partial charge is 0.291 e. The third-order valence-electron chi connectivity index (χ3n) is 1.67. The zero-order valence-corrected chi connectivity index (χ0v) is 7.85. The van der Waals surface area contributed by atoms with Gasteiger partial charge in [-0.15, -0.1) is 0 Å². The monoisotopic (exact) mass is 207 g/mol. The maximum absolute atomic E-state index is 11.5. The normalized spacial score (nSPS) is 10.1. The fourth-order valence-electron chi connectivity index (χ4n) is 1.03. The van der Waals surface area contributed by atoms with E-state index in [9.17, 15) is 4.79 Å². The molecule has 0 amide bonds. The second-order valence-corrected chi connectivity index (χ2v) is 2.99. The van der Waals surface area contributed by atoms with Crippen molar-refractivity contribution in [2.24, 2.45) is 0 Å². The maximum Gasteiger partial charge on any atom is 0.291 e. The molecule has 0 fully saturated rings. The van der Waals surface area contributed by atoms with Crippen molar-refractivity contribution in [3.05, 3.63) is 52.0 Å². The van der Waals surface area contributed by atoms with Crippen molar-refractivity contribution in [1.82, 2.24) is 14.8 Å². The molecule has 5 heteroatoms. The Morgan fingerprint density at radius 3 is 2.79 bits per heavy atom. The first-order chi connectivity index (χ1) is 6.79. The fraction of sp³-hybridized carbons (Fsp3) is 0. The third kappa shape index (κ3) is 1.52. The molecule has 0 saturated carbocycles. The van der Waals surface area contributed by atoms with Gasteiger partial charge in [-0.3, -0.25) is 4.79 Å². The summed E-state index contributed by atoms with van der Waals surface area (Å²) in [4.78, 5) is 15.5.